The predicted octanol–water partition coefficient (Wildman–Crippen LogP) is 1.74. The summed E-state index contributed by atoms with van der Waals surface area (Å²) in [5.74, 6) is 0.309. The summed E-state index contributed by atoms with van der Waals surface area (Å²) < 4.78 is 5.10. The number of likely N-dealkylation sites (tertiary alicyclic amines) is 1. The number of aliphatic hydroxyl groups is 1. The van der Waals surface area contributed by atoms with Crippen LogP contribution in [-0.2, 0) is 11.3 Å². The van der Waals surface area contributed by atoms with E-state index in [1.165, 1.54) is 11.3 Å². The lowest BCUT2D eigenvalue weighted by Gasteiger charge is -2.31. The SMILES string of the molecule is COCc1ccsc1C(=O)N1CCCC(CO)C1. The van der Waals surface area contributed by atoms with Crippen molar-refractivity contribution < 1.29 is 14.6 Å². The highest BCUT2D eigenvalue weighted by atomic mass is 32.1. The Kier molecular flexibility index (Phi) is 4.74. The standard InChI is InChI=1S/C13H19NO3S/c1-17-9-11-4-6-18-12(11)13(16)14-5-2-3-10(7-14)8-15/h4,6,10,15H,2-3,5,7-9H2,1H3. The molecular formula is C13H19NO3S. The van der Waals surface area contributed by atoms with Crippen LogP contribution in [-0.4, -0.2) is 42.7 Å². The van der Waals surface area contributed by atoms with Crippen molar-refractivity contribution in [3.8, 4) is 0 Å². The molecule has 18 heavy (non-hydrogen) atoms. The number of hydrogen-bond acceptors (Lipinski definition) is 4. The molecule has 1 N–H and O–H groups in total. The van der Waals surface area contributed by atoms with Crippen LogP contribution in [0.1, 0.15) is 28.1 Å². The molecule has 100 valence electrons. The minimum atomic E-state index is 0.0789. The molecule has 1 fully saturated rings. The Bertz CT molecular complexity index is 405. The Morgan fingerprint density at radius 1 is 1.67 bits per heavy atom. The molecule has 5 heteroatoms. The van der Waals surface area contributed by atoms with Crippen molar-refractivity contribution in [1.29, 1.82) is 0 Å². The number of piperidine rings is 1. The molecule has 4 nitrogen and oxygen atoms in total. The highest BCUT2D eigenvalue weighted by Gasteiger charge is 2.26. The summed E-state index contributed by atoms with van der Waals surface area (Å²) in [6, 6.07) is 1.94. The van der Waals surface area contributed by atoms with Crippen LogP contribution in [0.5, 0.6) is 0 Å². The first-order valence-electron chi connectivity index (χ1n) is 6.21. The average molecular weight is 269 g/mol. The second-order valence-electron chi connectivity index (χ2n) is 4.65. The van der Waals surface area contributed by atoms with Gasteiger partial charge in [-0.1, -0.05) is 0 Å². The molecule has 1 saturated heterocycles. The summed E-state index contributed by atoms with van der Waals surface area (Å²) in [6.45, 7) is 2.10. The molecule has 0 saturated carbocycles. The first kappa shape index (κ1) is 13.5. The van der Waals surface area contributed by atoms with Crippen LogP contribution in [0.2, 0.25) is 0 Å². The lowest BCUT2D eigenvalue weighted by Crippen LogP contribution is -2.40. The molecular weight excluding hydrogens is 250 g/mol. The molecule has 0 bridgehead atoms. The van der Waals surface area contributed by atoms with E-state index in [1.807, 2.05) is 16.3 Å². The maximum atomic E-state index is 12.4. The van der Waals surface area contributed by atoms with Gasteiger partial charge in [0.05, 0.1) is 11.5 Å². The van der Waals surface area contributed by atoms with Gasteiger partial charge in [-0.05, 0) is 30.2 Å². The average Bonchev–Trinajstić information content (AvgIpc) is 2.86. The highest BCUT2D eigenvalue weighted by molar-refractivity contribution is 7.12. The molecule has 0 spiro atoms. The summed E-state index contributed by atoms with van der Waals surface area (Å²) in [4.78, 5) is 15.0. The molecule has 0 aromatic carbocycles. The van der Waals surface area contributed by atoms with Crippen molar-refractivity contribution in [2.45, 2.75) is 19.4 Å². The van der Waals surface area contributed by atoms with Gasteiger partial charge in [0.1, 0.15) is 0 Å². The normalized spacial score (nSPS) is 20.1. The Balaban J connectivity index is 2.08. The number of thiophene rings is 1. The van der Waals surface area contributed by atoms with Crippen molar-refractivity contribution in [2.75, 3.05) is 26.8 Å². The lowest BCUT2D eigenvalue weighted by atomic mass is 9.99. The Morgan fingerprint density at radius 2 is 2.50 bits per heavy atom. The Hall–Kier alpha value is -0.910. The van der Waals surface area contributed by atoms with Crippen LogP contribution in [0.3, 0.4) is 0 Å². The molecule has 1 aliphatic rings. The topological polar surface area (TPSA) is 49.8 Å². The highest BCUT2D eigenvalue weighted by Crippen LogP contribution is 2.23. The van der Waals surface area contributed by atoms with Gasteiger partial charge >= 0.3 is 0 Å². The molecule has 1 atom stereocenters. The second kappa shape index (κ2) is 6.31. The molecule has 2 rings (SSSR count). The maximum Gasteiger partial charge on any atom is 0.264 e. The van der Waals surface area contributed by atoms with E-state index in [-0.39, 0.29) is 18.4 Å². The van der Waals surface area contributed by atoms with Gasteiger partial charge in [-0.3, -0.25) is 4.79 Å². The maximum absolute atomic E-state index is 12.4. The van der Waals surface area contributed by atoms with E-state index in [1.54, 1.807) is 7.11 Å². The minimum Gasteiger partial charge on any atom is -0.396 e. The molecule has 1 aliphatic heterocycles. The third kappa shape index (κ3) is 2.91. The van der Waals surface area contributed by atoms with Crippen LogP contribution in [0.25, 0.3) is 0 Å². The van der Waals surface area contributed by atoms with E-state index in [0.717, 1.165) is 29.8 Å². The summed E-state index contributed by atoms with van der Waals surface area (Å²) in [5, 5.41) is 11.1. The third-order valence-corrected chi connectivity index (χ3v) is 4.25. The zero-order valence-electron chi connectivity index (χ0n) is 10.6. The fraction of sp³-hybridized carbons (Fsp3) is 0.615. The van der Waals surface area contributed by atoms with Crippen LogP contribution in [0, 0.1) is 5.92 Å². The second-order valence-corrected chi connectivity index (χ2v) is 5.57. The van der Waals surface area contributed by atoms with Crippen molar-refractivity contribution in [2.24, 2.45) is 5.92 Å². The number of methoxy groups -OCH3 is 1. The summed E-state index contributed by atoms with van der Waals surface area (Å²) in [7, 11) is 1.63. The number of hydrogen-bond donors (Lipinski definition) is 1. The van der Waals surface area contributed by atoms with Gasteiger partial charge in [-0.2, -0.15) is 0 Å². The van der Waals surface area contributed by atoms with Crippen LogP contribution >= 0.6 is 11.3 Å². The van der Waals surface area contributed by atoms with Crippen molar-refractivity contribution >= 4 is 17.2 Å². The van der Waals surface area contributed by atoms with Gasteiger partial charge in [0.2, 0.25) is 0 Å². The van der Waals surface area contributed by atoms with E-state index in [2.05, 4.69) is 0 Å². The van der Waals surface area contributed by atoms with Gasteiger partial charge in [0.15, 0.2) is 0 Å². The van der Waals surface area contributed by atoms with E-state index in [0.29, 0.717) is 13.2 Å². The zero-order valence-corrected chi connectivity index (χ0v) is 11.4. The summed E-state index contributed by atoms with van der Waals surface area (Å²) in [6.07, 6.45) is 1.98. The van der Waals surface area contributed by atoms with E-state index < -0.39 is 0 Å². The minimum absolute atomic E-state index is 0.0789. The molecule has 1 amide bonds. The smallest absolute Gasteiger partial charge is 0.264 e. The van der Waals surface area contributed by atoms with E-state index in [9.17, 15) is 9.90 Å². The number of carbonyl (C=O) groups is 1. The van der Waals surface area contributed by atoms with E-state index >= 15 is 0 Å². The molecule has 1 aromatic rings. The third-order valence-electron chi connectivity index (χ3n) is 3.31. The lowest BCUT2D eigenvalue weighted by molar-refractivity contribution is 0.0621. The Labute approximate surface area is 111 Å². The number of nitrogens with zero attached hydrogens (tertiary/aromatic N) is 1. The van der Waals surface area contributed by atoms with Gasteiger partial charge < -0.3 is 14.7 Å². The van der Waals surface area contributed by atoms with Crippen molar-refractivity contribution in [3.05, 3.63) is 21.9 Å². The van der Waals surface area contributed by atoms with Crippen LogP contribution < -0.4 is 0 Å². The number of amides is 1. The molecule has 1 aromatic heterocycles. The Morgan fingerprint density at radius 3 is 3.22 bits per heavy atom. The van der Waals surface area contributed by atoms with Crippen LogP contribution in [0.15, 0.2) is 11.4 Å². The van der Waals surface area contributed by atoms with E-state index in [4.69, 9.17) is 4.74 Å². The fourth-order valence-electron chi connectivity index (χ4n) is 2.33. The first-order chi connectivity index (χ1) is 8.76. The summed E-state index contributed by atoms with van der Waals surface area (Å²) >= 11 is 1.47. The molecule has 2 heterocycles. The van der Waals surface area contributed by atoms with Gasteiger partial charge in [-0.15, -0.1) is 11.3 Å². The molecule has 1 unspecified atom stereocenters. The number of ether oxygens (including phenoxy) is 1. The van der Waals surface area contributed by atoms with Crippen molar-refractivity contribution in [1.82, 2.24) is 4.90 Å². The first-order valence-corrected chi connectivity index (χ1v) is 7.09. The monoisotopic (exact) mass is 269 g/mol. The van der Waals surface area contributed by atoms with Gasteiger partial charge in [-0.25, -0.2) is 0 Å². The fourth-order valence-corrected chi connectivity index (χ4v) is 3.21. The number of aliphatic hydroxyl groups excluding tert-OH is 1. The molecule has 0 aliphatic carbocycles. The van der Waals surface area contributed by atoms with Crippen LogP contribution in [0.4, 0.5) is 0 Å². The number of rotatable bonds is 4. The van der Waals surface area contributed by atoms with Gasteiger partial charge in [0.25, 0.3) is 5.91 Å². The van der Waals surface area contributed by atoms with Crippen molar-refractivity contribution in [3.63, 3.8) is 0 Å². The number of carbonyl (C=O) groups excluding carboxylic acids is 1. The largest absolute Gasteiger partial charge is 0.396 e. The summed E-state index contributed by atoms with van der Waals surface area (Å²) in [5.41, 5.74) is 0.957. The quantitative estimate of drug-likeness (QED) is 0.906. The zero-order chi connectivity index (χ0) is 13.0. The predicted molar refractivity (Wildman–Crippen MR) is 70.7 cm³/mol. The molecule has 0 radical (unpaired) electrons. The van der Waals surface area contributed by atoms with Gasteiger partial charge in [0, 0.05) is 32.4 Å².